The molecule has 14 heavy (non-hydrogen) atoms. The molecule has 0 saturated heterocycles. The third-order valence-corrected chi connectivity index (χ3v) is 2.05. The second kappa shape index (κ2) is 3.13. The van der Waals surface area contributed by atoms with Crippen LogP contribution < -0.4 is 16.6 Å². The maximum atomic E-state index is 11.4. The number of hydrogen-bond acceptors (Lipinski definition) is 5. The lowest BCUT2D eigenvalue weighted by atomic mass is 10.2. The third kappa shape index (κ3) is 1.34. The van der Waals surface area contributed by atoms with Gasteiger partial charge in [0.05, 0.1) is 6.54 Å². The van der Waals surface area contributed by atoms with Crippen molar-refractivity contribution in [3.63, 3.8) is 0 Å². The van der Waals surface area contributed by atoms with Crippen molar-refractivity contribution in [1.29, 1.82) is 0 Å². The Hall–Kier alpha value is -1.85. The highest BCUT2D eigenvalue weighted by molar-refractivity contribution is 5.94. The fraction of sp³-hybridized carbons (Fsp3) is 0.375. The van der Waals surface area contributed by atoms with Crippen LogP contribution in [0.25, 0.3) is 0 Å². The van der Waals surface area contributed by atoms with Crippen LogP contribution in [-0.4, -0.2) is 22.2 Å². The Kier molecular flexibility index (Phi) is 1.95. The molecule has 0 amide bonds. The molecular weight excluding hydrogens is 182 g/mol. The monoisotopic (exact) mass is 193 g/mol. The van der Waals surface area contributed by atoms with Crippen LogP contribution in [-0.2, 0) is 0 Å². The van der Waals surface area contributed by atoms with Gasteiger partial charge in [-0.15, -0.1) is 0 Å². The van der Waals surface area contributed by atoms with Crippen LogP contribution in [0.2, 0.25) is 0 Å². The van der Waals surface area contributed by atoms with Crippen molar-refractivity contribution in [1.82, 2.24) is 9.97 Å². The normalized spacial score (nSPS) is 14.2. The van der Waals surface area contributed by atoms with Crippen LogP contribution in [0.3, 0.4) is 0 Å². The van der Waals surface area contributed by atoms with Gasteiger partial charge in [-0.05, 0) is 6.42 Å². The summed E-state index contributed by atoms with van der Waals surface area (Å²) in [5.74, 6) is 0.569. The number of H-pyrrole nitrogens is 1. The predicted molar refractivity (Wildman–Crippen MR) is 55.1 cm³/mol. The molecule has 1 aromatic heterocycles. The van der Waals surface area contributed by atoms with E-state index in [1.807, 2.05) is 6.92 Å². The van der Waals surface area contributed by atoms with Crippen LogP contribution in [0.1, 0.15) is 13.3 Å². The molecule has 0 saturated carbocycles. The summed E-state index contributed by atoms with van der Waals surface area (Å²) in [4.78, 5) is 22.0. The van der Waals surface area contributed by atoms with Gasteiger partial charge in [-0.1, -0.05) is 6.92 Å². The third-order valence-electron chi connectivity index (χ3n) is 2.05. The van der Waals surface area contributed by atoms with Crippen molar-refractivity contribution in [2.45, 2.75) is 13.3 Å². The van der Waals surface area contributed by atoms with Gasteiger partial charge in [-0.3, -0.25) is 9.78 Å². The van der Waals surface area contributed by atoms with Crippen molar-refractivity contribution in [2.75, 3.05) is 17.6 Å². The highest BCUT2D eigenvalue weighted by Gasteiger charge is 2.15. The van der Waals surface area contributed by atoms with Gasteiger partial charge in [-0.2, -0.15) is 4.98 Å². The largest absolute Gasteiger partial charge is 0.369 e. The number of nitrogen functional groups attached to an aromatic ring is 1. The van der Waals surface area contributed by atoms with Crippen LogP contribution >= 0.6 is 0 Å². The molecule has 2 rings (SSSR count). The van der Waals surface area contributed by atoms with Crippen LogP contribution in [0, 0.1) is 0 Å². The van der Waals surface area contributed by atoms with E-state index in [0.29, 0.717) is 18.1 Å². The van der Waals surface area contributed by atoms with E-state index in [4.69, 9.17) is 5.73 Å². The number of nitrogens with zero attached hydrogens (tertiary/aromatic N) is 2. The van der Waals surface area contributed by atoms with Gasteiger partial charge < -0.3 is 11.1 Å². The number of hydrogen-bond donors (Lipinski definition) is 3. The van der Waals surface area contributed by atoms with E-state index in [0.717, 1.165) is 12.1 Å². The molecule has 2 heterocycles. The van der Waals surface area contributed by atoms with Crippen molar-refractivity contribution in [3.05, 3.63) is 10.4 Å². The SMILES string of the molecule is CCC1=Nc2c(nc(N)[nH]c2=O)NC1. The van der Waals surface area contributed by atoms with E-state index in [2.05, 4.69) is 20.3 Å². The van der Waals surface area contributed by atoms with E-state index in [9.17, 15) is 4.79 Å². The summed E-state index contributed by atoms with van der Waals surface area (Å²) >= 11 is 0. The summed E-state index contributed by atoms with van der Waals surface area (Å²) in [6.45, 7) is 2.61. The Balaban J connectivity index is 2.58. The minimum absolute atomic E-state index is 0.108. The quantitative estimate of drug-likeness (QED) is 0.596. The lowest BCUT2D eigenvalue weighted by molar-refractivity contribution is 1.08. The molecule has 0 spiro atoms. The average Bonchev–Trinajstić information content (AvgIpc) is 2.17. The van der Waals surface area contributed by atoms with E-state index in [1.54, 1.807) is 0 Å². The van der Waals surface area contributed by atoms with Gasteiger partial charge in [0.2, 0.25) is 5.95 Å². The van der Waals surface area contributed by atoms with Gasteiger partial charge in [0.15, 0.2) is 11.5 Å². The Morgan fingerprint density at radius 1 is 1.57 bits per heavy atom. The van der Waals surface area contributed by atoms with E-state index >= 15 is 0 Å². The molecule has 0 unspecified atom stereocenters. The topological polar surface area (TPSA) is 96.2 Å². The maximum Gasteiger partial charge on any atom is 0.280 e. The van der Waals surface area contributed by atoms with E-state index < -0.39 is 0 Å². The minimum Gasteiger partial charge on any atom is -0.369 e. The molecule has 1 aromatic rings. The molecule has 6 nitrogen and oxygen atoms in total. The van der Waals surface area contributed by atoms with Crippen LogP contribution in [0.15, 0.2) is 9.79 Å². The highest BCUT2D eigenvalue weighted by atomic mass is 16.1. The average molecular weight is 193 g/mol. The molecule has 6 heteroatoms. The molecular formula is C8H11N5O. The molecule has 1 aliphatic rings. The Morgan fingerprint density at radius 3 is 3.07 bits per heavy atom. The Bertz CT molecular complexity index is 448. The zero-order chi connectivity index (χ0) is 10.1. The molecule has 74 valence electrons. The minimum atomic E-state index is -0.300. The summed E-state index contributed by atoms with van der Waals surface area (Å²) in [5, 5.41) is 3.00. The number of nitrogens with two attached hydrogens (primary N) is 1. The summed E-state index contributed by atoms with van der Waals surface area (Å²) in [6, 6.07) is 0. The number of aromatic amines is 1. The number of nitrogens with one attached hydrogen (secondary N) is 2. The van der Waals surface area contributed by atoms with E-state index in [-0.39, 0.29) is 11.5 Å². The Labute approximate surface area is 80.3 Å². The number of rotatable bonds is 1. The van der Waals surface area contributed by atoms with Crippen molar-refractivity contribution in [3.8, 4) is 0 Å². The molecule has 0 fully saturated rings. The number of fused-ring (bicyclic) bond motifs is 1. The van der Waals surface area contributed by atoms with Gasteiger partial charge in [0, 0.05) is 5.71 Å². The van der Waals surface area contributed by atoms with Gasteiger partial charge in [0.1, 0.15) is 0 Å². The zero-order valence-electron chi connectivity index (χ0n) is 7.79. The Morgan fingerprint density at radius 2 is 2.36 bits per heavy atom. The van der Waals surface area contributed by atoms with E-state index in [1.165, 1.54) is 0 Å². The lowest BCUT2D eigenvalue weighted by Gasteiger charge is -2.14. The van der Waals surface area contributed by atoms with Crippen molar-refractivity contribution in [2.24, 2.45) is 4.99 Å². The number of aliphatic imine (C=N–C) groups is 1. The first-order valence-electron chi connectivity index (χ1n) is 4.40. The number of aromatic nitrogens is 2. The molecule has 0 bridgehead atoms. The highest BCUT2D eigenvalue weighted by Crippen LogP contribution is 2.21. The fourth-order valence-electron chi connectivity index (χ4n) is 1.30. The molecule has 1 aliphatic heterocycles. The van der Waals surface area contributed by atoms with Gasteiger partial charge in [-0.25, -0.2) is 4.99 Å². The first-order chi connectivity index (χ1) is 6.70. The number of anilines is 2. The first-order valence-corrected chi connectivity index (χ1v) is 4.40. The summed E-state index contributed by atoms with van der Waals surface area (Å²) < 4.78 is 0. The molecule has 4 N–H and O–H groups in total. The predicted octanol–water partition coefficient (Wildman–Crippen LogP) is 0.260. The molecule has 0 aromatic carbocycles. The summed E-state index contributed by atoms with van der Waals surface area (Å²) in [6.07, 6.45) is 0.816. The van der Waals surface area contributed by atoms with Crippen molar-refractivity contribution >= 4 is 23.2 Å². The second-order valence-electron chi connectivity index (χ2n) is 3.03. The second-order valence-corrected chi connectivity index (χ2v) is 3.03. The maximum absolute atomic E-state index is 11.4. The van der Waals surface area contributed by atoms with Crippen LogP contribution in [0.5, 0.6) is 0 Å². The molecule has 0 aliphatic carbocycles. The lowest BCUT2D eigenvalue weighted by Crippen LogP contribution is -2.23. The van der Waals surface area contributed by atoms with Crippen molar-refractivity contribution < 1.29 is 0 Å². The van der Waals surface area contributed by atoms with Gasteiger partial charge in [0.25, 0.3) is 5.56 Å². The molecule has 0 radical (unpaired) electrons. The molecule has 0 atom stereocenters. The van der Waals surface area contributed by atoms with Crippen LogP contribution in [0.4, 0.5) is 17.5 Å². The zero-order valence-corrected chi connectivity index (χ0v) is 7.79. The fourth-order valence-corrected chi connectivity index (χ4v) is 1.30. The smallest absolute Gasteiger partial charge is 0.280 e. The summed E-state index contributed by atoms with van der Waals surface area (Å²) in [7, 11) is 0. The summed E-state index contributed by atoms with van der Waals surface area (Å²) in [5.41, 5.74) is 6.36. The standard InChI is InChI=1S/C8H11N5O/c1-2-4-3-10-6-5(11-4)7(14)13-8(9)12-6/h2-3H2,1H3,(H4,9,10,12,13,14). The van der Waals surface area contributed by atoms with Gasteiger partial charge >= 0.3 is 0 Å². The first kappa shape index (κ1) is 8.74.